The van der Waals surface area contributed by atoms with Crippen LogP contribution in [0.15, 0.2) is 12.1 Å². The third-order valence-corrected chi connectivity index (χ3v) is 2.76. The summed E-state index contributed by atoms with van der Waals surface area (Å²) >= 11 is 0. The summed E-state index contributed by atoms with van der Waals surface area (Å²) in [6.07, 6.45) is 0.931. The van der Waals surface area contributed by atoms with Gasteiger partial charge in [-0.1, -0.05) is 13.0 Å². The van der Waals surface area contributed by atoms with Crippen LogP contribution in [0.1, 0.15) is 30.0 Å². The predicted octanol–water partition coefficient (Wildman–Crippen LogP) is 2.52. The van der Waals surface area contributed by atoms with E-state index >= 15 is 0 Å². The van der Waals surface area contributed by atoms with Crippen molar-refractivity contribution >= 4 is 6.03 Å². The van der Waals surface area contributed by atoms with Crippen LogP contribution in [0, 0.1) is 13.8 Å². The predicted molar refractivity (Wildman–Crippen MR) is 73.0 cm³/mol. The average Bonchev–Trinajstić information content (AvgIpc) is 2.34. The fraction of sp³-hybridized carbons (Fsp3) is 0.500. The second-order valence-corrected chi connectivity index (χ2v) is 4.37. The molecule has 1 rings (SSSR count). The Morgan fingerprint density at radius 2 is 2.00 bits per heavy atom. The number of hydrogen-bond acceptors (Lipinski definition) is 2. The van der Waals surface area contributed by atoms with Crippen LogP contribution in [0.25, 0.3) is 0 Å². The summed E-state index contributed by atoms with van der Waals surface area (Å²) in [5, 5.41) is 5.62. The molecule has 2 N–H and O–H groups in total. The molecule has 1 aromatic carbocycles. The van der Waals surface area contributed by atoms with Crippen molar-refractivity contribution in [1.29, 1.82) is 0 Å². The van der Waals surface area contributed by atoms with E-state index in [1.54, 1.807) is 7.11 Å². The fourth-order valence-electron chi connectivity index (χ4n) is 1.84. The van der Waals surface area contributed by atoms with Crippen LogP contribution in [-0.2, 0) is 6.54 Å². The molecule has 4 nitrogen and oxygen atoms in total. The lowest BCUT2D eigenvalue weighted by molar-refractivity contribution is 0.240. The third-order valence-electron chi connectivity index (χ3n) is 2.76. The Balaban J connectivity index is 2.69. The van der Waals surface area contributed by atoms with Crippen molar-refractivity contribution in [1.82, 2.24) is 10.6 Å². The molecule has 18 heavy (non-hydrogen) atoms. The van der Waals surface area contributed by atoms with E-state index in [1.807, 2.05) is 26.8 Å². The van der Waals surface area contributed by atoms with Crippen LogP contribution in [-0.4, -0.2) is 19.7 Å². The maximum atomic E-state index is 11.5. The molecule has 4 heteroatoms. The summed E-state index contributed by atoms with van der Waals surface area (Å²) in [6, 6.07) is 3.93. The Morgan fingerprint density at radius 1 is 1.28 bits per heavy atom. The molecular formula is C14H22N2O2. The molecular weight excluding hydrogens is 228 g/mol. The number of nitrogens with one attached hydrogen (secondary N) is 2. The highest BCUT2D eigenvalue weighted by Gasteiger charge is 2.08. The van der Waals surface area contributed by atoms with Crippen molar-refractivity contribution in [3.63, 3.8) is 0 Å². The third kappa shape index (κ3) is 3.95. The normalized spacial score (nSPS) is 10.0. The second-order valence-electron chi connectivity index (χ2n) is 4.37. The van der Waals surface area contributed by atoms with Crippen LogP contribution in [0.4, 0.5) is 4.79 Å². The Kier molecular flexibility index (Phi) is 5.49. The van der Waals surface area contributed by atoms with Crippen molar-refractivity contribution in [3.05, 3.63) is 28.8 Å². The van der Waals surface area contributed by atoms with E-state index < -0.39 is 0 Å². The molecule has 0 atom stereocenters. The molecule has 0 aliphatic carbocycles. The number of hydrogen-bond donors (Lipinski definition) is 2. The number of aryl methyl sites for hydroxylation is 2. The Hall–Kier alpha value is -1.71. The number of ether oxygens (including phenoxy) is 1. The first kappa shape index (κ1) is 14.4. The van der Waals surface area contributed by atoms with Crippen LogP contribution in [0.5, 0.6) is 5.75 Å². The molecule has 0 aliphatic heterocycles. The van der Waals surface area contributed by atoms with Gasteiger partial charge in [0.15, 0.2) is 0 Å². The van der Waals surface area contributed by atoms with Crippen molar-refractivity contribution in [2.75, 3.05) is 13.7 Å². The van der Waals surface area contributed by atoms with Gasteiger partial charge in [0.25, 0.3) is 0 Å². The molecule has 0 bridgehead atoms. The first-order valence-electron chi connectivity index (χ1n) is 6.24. The fourth-order valence-corrected chi connectivity index (χ4v) is 1.84. The first-order chi connectivity index (χ1) is 8.58. The van der Waals surface area contributed by atoms with Crippen LogP contribution >= 0.6 is 0 Å². The summed E-state index contributed by atoms with van der Waals surface area (Å²) in [7, 11) is 1.65. The standard InChI is InChI=1S/C14H22N2O2/c1-5-6-15-14(17)16-9-12-11(3)7-10(2)8-13(12)18-4/h7-8H,5-6,9H2,1-4H3,(H2,15,16,17). The monoisotopic (exact) mass is 250 g/mol. The smallest absolute Gasteiger partial charge is 0.315 e. The van der Waals surface area contributed by atoms with Crippen molar-refractivity contribution < 1.29 is 9.53 Å². The number of carbonyl (C=O) groups is 1. The average molecular weight is 250 g/mol. The van der Waals surface area contributed by atoms with Gasteiger partial charge in [-0.25, -0.2) is 4.79 Å². The Morgan fingerprint density at radius 3 is 2.61 bits per heavy atom. The van der Waals surface area contributed by atoms with Crippen LogP contribution in [0.3, 0.4) is 0 Å². The van der Waals surface area contributed by atoms with Gasteiger partial charge in [-0.2, -0.15) is 0 Å². The summed E-state index contributed by atoms with van der Waals surface area (Å²) in [5.74, 6) is 0.822. The van der Waals surface area contributed by atoms with E-state index in [0.717, 1.165) is 28.9 Å². The molecule has 0 saturated carbocycles. The first-order valence-corrected chi connectivity index (χ1v) is 6.24. The summed E-state index contributed by atoms with van der Waals surface area (Å²) < 4.78 is 5.35. The highest BCUT2D eigenvalue weighted by molar-refractivity contribution is 5.73. The second kappa shape index (κ2) is 6.89. The summed E-state index contributed by atoms with van der Waals surface area (Å²) in [6.45, 7) is 7.24. The SMILES string of the molecule is CCCNC(=O)NCc1c(C)cc(C)cc1OC. The van der Waals surface area contributed by atoms with E-state index in [9.17, 15) is 4.79 Å². The number of methoxy groups -OCH3 is 1. The van der Waals surface area contributed by atoms with E-state index in [2.05, 4.69) is 16.7 Å². The Bertz CT molecular complexity index is 417. The number of urea groups is 1. The maximum absolute atomic E-state index is 11.5. The van der Waals surface area contributed by atoms with Crippen LogP contribution < -0.4 is 15.4 Å². The zero-order chi connectivity index (χ0) is 13.5. The van der Waals surface area contributed by atoms with Gasteiger partial charge in [0.1, 0.15) is 5.75 Å². The van der Waals surface area contributed by atoms with E-state index in [-0.39, 0.29) is 6.03 Å². The van der Waals surface area contributed by atoms with Gasteiger partial charge in [0, 0.05) is 18.7 Å². The largest absolute Gasteiger partial charge is 0.496 e. The number of carbonyl (C=O) groups excluding carboxylic acids is 1. The highest BCUT2D eigenvalue weighted by atomic mass is 16.5. The number of rotatable bonds is 5. The quantitative estimate of drug-likeness (QED) is 0.843. The van der Waals surface area contributed by atoms with Crippen molar-refractivity contribution in [3.8, 4) is 5.75 Å². The molecule has 1 aromatic rings. The summed E-state index contributed by atoms with van der Waals surface area (Å²) in [4.78, 5) is 11.5. The van der Waals surface area contributed by atoms with Crippen molar-refractivity contribution in [2.24, 2.45) is 0 Å². The molecule has 2 amide bonds. The minimum atomic E-state index is -0.140. The zero-order valence-corrected chi connectivity index (χ0v) is 11.6. The summed E-state index contributed by atoms with van der Waals surface area (Å²) in [5.41, 5.74) is 3.31. The van der Waals surface area contributed by atoms with E-state index in [0.29, 0.717) is 13.1 Å². The molecule has 0 spiro atoms. The molecule has 0 fully saturated rings. The van der Waals surface area contributed by atoms with E-state index in [1.165, 1.54) is 0 Å². The zero-order valence-electron chi connectivity index (χ0n) is 11.6. The maximum Gasteiger partial charge on any atom is 0.315 e. The van der Waals surface area contributed by atoms with Crippen LogP contribution in [0.2, 0.25) is 0 Å². The van der Waals surface area contributed by atoms with Gasteiger partial charge in [0.05, 0.1) is 7.11 Å². The molecule has 0 aromatic heterocycles. The van der Waals surface area contributed by atoms with Gasteiger partial charge in [-0.3, -0.25) is 0 Å². The topological polar surface area (TPSA) is 50.4 Å². The Labute approximate surface area is 109 Å². The highest BCUT2D eigenvalue weighted by Crippen LogP contribution is 2.23. The molecule has 0 unspecified atom stereocenters. The lowest BCUT2D eigenvalue weighted by Crippen LogP contribution is -2.35. The van der Waals surface area contributed by atoms with E-state index in [4.69, 9.17) is 4.74 Å². The molecule has 0 heterocycles. The molecule has 0 aliphatic rings. The number of benzene rings is 1. The van der Waals surface area contributed by atoms with Crippen molar-refractivity contribution in [2.45, 2.75) is 33.7 Å². The van der Waals surface area contributed by atoms with Gasteiger partial charge >= 0.3 is 6.03 Å². The van der Waals surface area contributed by atoms with Gasteiger partial charge in [-0.05, 0) is 37.5 Å². The van der Waals surface area contributed by atoms with Gasteiger partial charge < -0.3 is 15.4 Å². The molecule has 0 saturated heterocycles. The lowest BCUT2D eigenvalue weighted by atomic mass is 10.0. The van der Waals surface area contributed by atoms with Gasteiger partial charge in [0.2, 0.25) is 0 Å². The minimum Gasteiger partial charge on any atom is -0.496 e. The number of amides is 2. The lowest BCUT2D eigenvalue weighted by Gasteiger charge is -2.14. The molecule has 100 valence electrons. The minimum absolute atomic E-state index is 0.140. The van der Waals surface area contributed by atoms with Gasteiger partial charge in [-0.15, -0.1) is 0 Å². The molecule has 0 radical (unpaired) electrons.